The number of hydrogen-bond donors (Lipinski definition) is 2. The number of urea groups is 1. The number of carbonyl (C=O) groups excluding carboxylic acids is 2. The van der Waals surface area contributed by atoms with Crippen LogP contribution in [0.5, 0.6) is 11.5 Å². The third-order valence-electron chi connectivity index (χ3n) is 5.95. The van der Waals surface area contributed by atoms with Crippen LogP contribution in [0.25, 0.3) is 10.9 Å². The second kappa shape index (κ2) is 10.9. The average molecular weight is 540 g/mol. The molecule has 0 spiro atoms. The van der Waals surface area contributed by atoms with Crippen LogP contribution in [-0.2, 0) is 6.18 Å². The normalized spacial score (nSPS) is 11.2. The highest BCUT2D eigenvalue weighted by atomic mass is 19.4. The molecular formula is C27H24F3N5O4. The van der Waals surface area contributed by atoms with E-state index in [1.54, 1.807) is 31.2 Å². The van der Waals surface area contributed by atoms with Crippen LogP contribution in [0.1, 0.15) is 21.5 Å². The molecule has 0 saturated heterocycles. The molecule has 1 aromatic heterocycles. The van der Waals surface area contributed by atoms with Gasteiger partial charge in [-0.15, -0.1) is 0 Å². The standard InChI is InChI=1S/C27H24F3N5O4/c1-15-5-6-16(25(36)33-18-9-7-17(8-10-18)27(28,29)30)11-20(15)34-26(37)35(2)24-19-12-22(38-3)23(39-4)13-21(19)31-14-32-24/h5-14H,1-4H3,(H,33,36)(H,34,37). The molecule has 0 unspecified atom stereocenters. The fourth-order valence-corrected chi connectivity index (χ4v) is 3.78. The number of aromatic nitrogens is 2. The molecule has 0 aliphatic heterocycles. The van der Waals surface area contributed by atoms with Gasteiger partial charge in [0.15, 0.2) is 11.5 Å². The molecule has 39 heavy (non-hydrogen) atoms. The summed E-state index contributed by atoms with van der Waals surface area (Å²) in [5, 5.41) is 5.88. The van der Waals surface area contributed by atoms with Crippen molar-refractivity contribution in [3.8, 4) is 11.5 Å². The van der Waals surface area contributed by atoms with E-state index in [0.29, 0.717) is 39.5 Å². The lowest BCUT2D eigenvalue weighted by molar-refractivity contribution is -0.137. The number of carbonyl (C=O) groups is 2. The number of halogens is 3. The molecule has 0 atom stereocenters. The molecule has 0 fully saturated rings. The molecule has 4 rings (SSSR count). The predicted molar refractivity (Wildman–Crippen MR) is 141 cm³/mol. The van der Waals surface area contributed by atoms with Crippen LogP contribution < -0.4 is 25.0 Å². The zero-order valence-corrected chi connectivity index (χ0v) is 21.4. The summed E-state index contributed by atoms with van der Waals surface area (Å²) in [6, 6.07) is 11.6. The molecule has 0 saturated carbocycles. The zero-order chi connectivity index (χ0) is 28.3. The second-order valence-electron chi connectivity index (χ2n) is 8.47. The number of alkyl halides is 3. The lowest BCUT2D eigenvalue weighted by atomic mass is 10.1. The Bertz CT molecular complexity index is 1540. The van der Waals surface area contributed by atoms with E-state index < -0.39 is 23.7 Å². The first-order valence-corrected chi connectivity index (χ1v) is 11.5. The van der Waals surface area contributed by atoms with E-state index in [1.165, 1.54) is 50.7 Å². The number of fused-ring (bicyclic) bond motifs is 1. The van der Waals surface area contributed by atoms with Gasteiger partial charge >= 0.3 is 12.2 Å². The number of ether oxygens (including phenoxy) is 2. The minimum Gasteiger partial charge on any atom is -0.493 e. The number of nitrogens with zero attached hydrogens (tertiary/aromatic N) is 3. The largest absolute Gasteiger partial charge is 0.493 e. The molecule has 0 aliphatic carbocycles. The SMILES string of the molecule is COc1cc2ncnc(N(C)C(=O)Nc3cc(C(=O)Nc4ccc(C(F)(F)F)cc4)ccc3C)c2cc1OC. The van der Waals surface area contributed by atoms with E-state index in [4.69, 9.17) is 9.47 Å². The Balaban J connectivity index is 1.54. The Kier molecular flexibility index (Phi) is 7.56. The first-order valence-electron chi connectivity index (χ1n) is 11.5. The van der Waals surface area contributed by atoms with Gasteiger partial charge in [-0.05, 0) is 55.0 Å². The van der Waals surface area contributed by atoms with Crippen molar-refractivity contribution in [3.05, 3.63) is 77.6 Å². The van der Waals surface area contributed by atoms with Gasteiger partial charge in [0.1, 0.15) is 12.1 Å². The number of benzene rings is 3. The fourth-order valence-electron chi connectivity index (χ4n) is 3.78. The molecule has 1 heterocycles. The number of hydrogen-bond acceptors (Lipinski definition) is 6. The summed E-state index contributed by atoms with van der Waals surface area (Å²) in [6.45, 7) is 1.75. The molecule has 3 aromatic carbocycles. The average Bonchev–Trinajstić information content (AvgIpc) is 2.92. The molecule has 3 amide bonds. The van der Waals surface area contributed by atoms with Crippen molar-refractivity contribution in [2.24, 2.45) is 0 Å². The summed E-state index contributed by atoms with van der Waals surface area (Å²) in [6.07, 6.45) is -3.15. The molecule has 9 nitrogen and oxygen atoms in total. The van der Waals surface area contributed by atoms with Crippen molar-refractivity contribution in [2.45, 2.75) is 13.1 Å². The van der Waals surface area contributed by atoms with Crippen molar-refractivity contribution in [2.75, 3.05) is 36.8 Å². The van der Waals surface area contributed by atoms with E-state index >= 15 is 0 Å². The van der Waals surface area contributed by atoms with Gasteiger partial charge in [-0.3, -0.25) is 9.69 Å². The number of methoxy groups -OCH3 is 2. The maximum absolute atomic E-state index is 13.2. The Labute approximate surface area is 221 Å². The Hall–Kier alpha value is -4.87. The van der Waals surface area contributed by atoms with E-state index in [-0.39, 0.29) is 11.3 Å². The van der Waals surface area contributed by atoms with E-state index in [9.17, 15) is 22.8 Å². The number of aryl methyl sites for hydroxylation is 1. The van der Waals surface area contributed by atoms with Crippen LogP contribution in [0.4, 0.5) is 35.2 Å². The van der Waals surface area contributed by atoms with Gasteiger partial charge in [0.25, 0.3) is 5.91 Å². The van der Waals surface area contributed by atoms with Crippen LogP contribution in [0.3, 0.4) is 0 Å². The zero-order valence-electron chi connectivity index (χ0n) is 21.4. The molecule has 0 bridgehead atoms. The summed E-state index contributed by atoms with van der Waals surface area (Å²) >= 11 is 0. The van der Waals surface area contributed by atoms with Crippen molar-refractivity contribution < 1.29 is 32.2 Å². The van der Waals surface area contributed by atoms with E-state index in [1.807, 2.05) is 0 Å². The lowest BCUT2D eigenvalue weighted by Crippen LogP contribution is -2.32. The summed E-state index contributed by atoms with van der Waals surface area (Å²) in [5.41, 5.74) is 1.16. The molecule has 12 heteroatoms. The highest BCUT2D eigenvalue weighted by molar-refractivity contribution is 6.08. The van der Waals surface area contributed by atoms with Gasteiger partial charge in [-0.1, -0.05) is 6.07 Å². The van der Waals surface area contributed by atoms with Crippen LogP contribution >= 0.6 is 0 Å². The first-order chi connectivity index (χ1) is 18.5. The van der Waals surface area contributed by atoms with Crippen molar-refractivity contribution >= 4 is 40.0 Å². The molecule has 202 valence electrons. The molecule has 4 aromatic rings. The smallest absolute Gasteiger partial charge is 0.416 e. The molecule has 0 aliphatic rings. The van der Waals surface area contributed by atoms with Gasteiger partial charge in [0.05, 0.1) is 25.3 Å². The minimum atomic E-state index is -4.48. The second-order valence-corrected chi connectivity index (χ2v) is 8.47. The van der Waals surface area contributed by atoms with Gasteiger partial charge in [0.2, 0.25) is 0 Å². The van der Waals surface area contributed by atoms with E-state index in [2.05, 4.69) is 20.6 Å². The minimum absolute atomic E-state index is 0.196. The Morgan fingerprint density at radius 1 is 0.897 bits per heavy atom. The van der Waals surface area contributed by atoms with E-state index in [0.717, 1.165) is 12.1 Å². The summed E-state index contributed by atoms with van der Waals surface area (Å²) in [7, 11) is 4.53. The van der Waals surface area contributed by atoms with Crippen molar-refractivity contribution in [1.82, 2.24) is 9.97 Å². The maximum atomic E-state index is 13.2. The van der Waals surface area contributed by atoms with Crippen LogP contribution in [-0.4, -0.2) is 43.2 Å². The molecule has 0 radical (unpaired) electrons. The molecule has 2 N–H and O–H groups in total. The number of anilines is 3. The molecular weight excluding hydrogens is 515 g/mol. The quantitative estimate of drug-likeness (QED) is 0.316. The van der Waals surface area contributed by atoms with Crippen molar-refractivity contribution in [3.63, 3.8) is 0 Å². The van der Waals surface area contributed by atoms with Crippen LogP contribution in [0.15, 0.2) is 60.9 Å². The van der Waals surface area contributed by atoms with Crippen molar-refractivity contribution in [1.29, 1.82) is 0 Å². The lowest BCUT2D eigenvalue weighted by Gasteiger charge is -2.20. The Morgan fingerprint density at radius 2 is 1.56 bits per heavy atom. The third kappa shape index (κ3) is 5.84. The topological polar surface area (TPSA) is 106 Å². The summed E-state index contributed by atoms with van der Waals surface area (Å²) in [5.74, 6) is 0.676. The number of rotatable bonds is 6. The summed E-state index contributed by atoms with van der Waals surface area (Å²) < 4.78 is 49.1. The highest BCUT2D eigenvalue weighted by Crippen LogP contribution is 2.35. The van der Waals surface area contributed by atoms with Gasteiger partial charge < -0.3 is 20.1 Å². The highest BCUT2D eigenvalue weighted by Gasteiger charge is 2.30. The fraction of sp³-hybridized carbons (Fsp3) is 0.185. The monoisotopic (exact) mass is 539 g/mol. The Morgan fingerprint density at radius 3 is 2.21 bits per heavy atom. The number of nitrogens with one attached hydrogen (secondary N) is 2. The van der Waals surface area contributed by atoms with Gasteiger partial charge in [-0.2, -0.15) is 13.2 Å². The first kappa shape index (κ1) is 27.2. The number of amides is 3. The predicted octanol–water partition coefficient (Wildman–Crippen LogP) is 5.89. The van der Waals surface area contributed by atoms with Gasteiger partial charge in [0, 0.05) is 35.4 Å². The maximum Gasteiger partial charge on any atom is 0.416 e. The summed E-state index contributed by atoms with van der Waals surface area (Å²) in [4.78, 5) is 35.7. The van der Waals surface area contributed by atoms with Crippen LogP contribution in [0.2, 0.25) is 0 Å². The van der Waals surface area contributed by atoms with Crippen LogP contribution in [0, 0.1) is 6.92 Å². The third-order valence-corrected chi connectivity index (χ3v) is 5.95. The van der Waals surface area contributed by atoms with Gasteiger partial charge in [-0.25, -0.2) is 14.8 Å².